The van der Waals surface area contributed by atoms with E-state index in [2.05, 4.69) is 0 Å². The van der Waals surface area contributed by atoms with E-state index in [4.69, 9.17) is 17.3 Å². The maximum absolute atomic E-state index is 6.04. The van der Waals surface area contributed by atoms with Crippen molar-refractivity contribution in [3.05, 3.63) is 34.9 Å². The first-order chi connectivity index (χ1) is 6.58. The van der Waals surface area contributed by atoms with E-state index < -0.39 is 0 Å². The maximum Gasteiger partial charge on any atom is 0.0335 e. The van der Waals surface area contributed by atoms with Gasteiger partial charge < -0.3 is 10.6 Å². The highest BCUT2D eigenvalue weighted by Crippen LogP contribution is 2.12. The standard InChI is InChI=1S/C11H15ClN2/c1-14(2)8-10(12)7-9-3-5-11(13)6-4-9/h3-7H,8,13H2,1-2H3/b10-7+. The molecular formula is C11H15ClN2. The Morgan fingerprint density at radius 1 is 1.36 bits per heavy atom. The summed E-state index contributed by atoms with van der Waals surface area (Å²) in [6.45, 7) is 0.756. The van der Waals surface area contributed by atoms with Crippen molar-refractivity contribution >= 4 is 23.4 Å². The molecule has 2 N–H and O–H groups in total. The molecule has 0 saturated heterocycles. The van der Waals surface area contributed by atoms with Gasteiger partial charge in [0.2, 0.25) is 0 Å². The van der Waals surface area contributed by atoms with Crippen LogP contribution in [-0.2, 0) is 0 Å². The van der Waals surface area contributed by atoms with Crippen molar-refractivity contribution in [1.29, 1.82) is 0 Å². The van der Waals surface area contributed by atoms with Gasteiger partial charge in [-0.1, -0.05) is 23.7 Å². The number of nitrogens with zero attached hydrogens (tertiary/aromatic N) is 1. The molecule has 0 amide bonds. The van der Waals surface area contributed by atoms with Gasteiger partial charge in [-0.25, -0.2) is 0 Å². The molecule has 3 heteroatoms. The third-order valence-corrected chi connectivity index (χ3v) is 1.96. The first kappa shape index (κ1) is 11.1. The zero-order chi connectivity index (χ0) is 10.6. The molecule has 0 radical (unpaired) electrons. The van der Waals surface area contributed by atoms with E-state index in [-0.39, 0.29) is 0 Å². The molecule has 0 unspecified atom stereocenters. The lowest BCUT2D eigenvalue weighted by molar-refractivity contribution is 0.453. The van der Waals surface area contributed by atoms with Crippen LogP contribution in [-0.4, -0.2) is 25.5 Å². The molecule has 0 bridgehead atoms. The van der Waals surface area contributed by atoms with Gasteiger partial charge in [0.25, 0.3) is 0 Å². The lowest BCUT2D eigenvalue weighted by Gasteiger charge is -2.07. The molecule has 0 aromatic heterocycles. The number of hydrogen-bond acceptors (Lipinski definition) is 2. The Kier molecular flexibility index (Phi) is 3.98. The van der Waals surface area contributed by atoms with E-state index in [9.17, 15) is 0 Å². The normalized spacial score (nSPS) is 12.1. The van der Waals surface area contributed by atoms with Gasteiger partial charge in [0.1, 0.15) is 0 Å². The fourth-order valence-electron chi connectivity index (χ4n) is 1.12. The Hall–Kier alpha value is -0.990. The molecule has 1 aromatic rings. The summed E-state index contributed by atoms with van der Waals surface area (Å²) in [5, 5.41) is 0.819. The number of hydrogen-bond donors (Lipinski definition) is 1. The van der Waals surface area contributed by atoms with Crippen LogP contribution in [0.4, 0.5) is 5.69 Å². The zero-order valence-corrected chi connectivity index (χ0v) is 9.25. The minimum Gasteiger partial charge on any atom is -0.399 e. The largest absolute Gasteiger partial charge is 0.399 e. The first-order valence-corrected chi connectivity index (χ1v) is 4.82. The summed E-state index contributed by atoms with van der Waals surface area (Å²) in [5.41, 5.74) is 7.42. The number of anilines is 1. The van der Waals surface area contributed by atoms with Crippen molar-refractivity contribution in [1.82, 2.24) is 4.90 Å². The van der Waals surface area contributed by atoms with Crippen LogP contribution >= 0.6 is 11.6 Å². The molecule has 1 aromatic carbocycles. The molecule has 14 heavy (non-hydrogen) atoms. The fourth-order valence-corrected chi connectivity index (χ4v) is 1.49. The van der Waals surface area contributed by atoms with Crippen molar-refractivity contribution in [2.75, 3.05) is 26.4 Å². The number of nitrogens with two attached hydrogens (primary N) is 1. The Morgan fingerprint density at radius 2 is 1.93 bits per heavy atom. The number of rotatable bonds is 3. The van der Waals surface area contributed by atoms with Gasteiger partial charge in [0.15, 0.2) is 0 Å². The average Bonchev–Trinajstić information content (AvgIpc) is 2.07. The summed E-state index contributed by atoms with van der Waals surface area (Å²) >= 11 is 6.04. The molecule has 2 nitrogen and oxygen atoms in total. The summed E-state index contributed by atoms with van der Waals surface area (Å²) in [6.07, 6.45) is 1.95. The highest BCUT2D eigenvalue weighted by Gasteiger charge is 1.95. The molecule has 76 valence electrons. The minimum absolute atomic E-state index is 0.756. The Balaban J connectivity index is 2.71. The van der Waals surface area contributed by atoms with Gasteiger partial charge in [-0.05, 0) is 37.9 Å². The van der Waals surface area contributed by atoms with E-state index in [1.807, 2.05) is 49.3 Å². The topological polar surface area (TPSA) is 29.3 Å². The number of halogens is 1. The molecule has 0 heterocycles. The fraction of sp³-hybridized carbons (Fsp3) is 0.273. The van der Waals surface area contributed by atoms with Crippen LogP contribution in [0.5, 0.6) is 0 Å². The van der Waals surface area contributed by atoms with E-state index in [1.165, 1.54) is 0 Å². The Labute approximate surface area is 90.0 Å². The van der Waals surface area contributed by atoms with Crippen LogP contribution in [0.3, 0.4) is 0 Å². The molecule has 0 aliphatic heterocycles. The van der Waals surface area contributed by atoms with Crippen molar-refractivity contribution in [3.63, 3.8) is 0 Å². The maximum atomic E-state index is 6.04. The van der Waals surface area contributed by atoms with Crippen LogP contribution < -0.4 is 5.73 Å². The third kappa shape index (κ3) is 3.81. The van der Waals surface area contributed by atoms with Gasteiger partial charge in [-0.2, -0.15) is 0 Å². The lowest BCUT2D eigenvalue weighted by atomic mass is 10.2. The molecule has 0 atom stereocenters. The number of nitrogen functional groups attached to an aromatic ring is 1. The predicted octanol–water partition coefficient (Wildman–Crippen LogP) is 2.41. The van der Waals surface area contributed by atoms with Gasteiger partial charge >= 0.3 is 0 Å². The molecule has 0 aliphatic rings. The summed E-state index contributed by atoms with van der Waals surface area (Å²) in [5.74, 6) is 0. The van der Waals surface area contributed by atoms with Gasteiger partial charge in [0, 0.05) is 17.3 Å². The summed E-state index contributed by atoms with van der Waals surface area (Å²) in [4.78, 5) is 2.02. The smallest absolute Gasteiger partial charge is 0.0335 e. The summed E-state index contributed by atoms with van der Waals surface area (Å²) in [7, 11) is 3.97. The Morgan fingerprint density at radius 3 is 2.43 bits per heavy atom. The second kappa shape index (κ2) is 5.03. The molecule has 0 aliphatic carbocycles. The summed E-state index contributed by atoms with van der Waals surface area (Å²) < 4.78 is 0. The molecule has 0 saturated carbocycles. The molecule has 1 rings (SSSR count). The Bertz CT molecular complexity index is 315. The lowest BCUT2D eigenvalue weighted by Crippen LogP contribution is -2.12. The van der Waals surface area contributed by atoms with Crippen LogP contribution in [0.2, 0.25) is 0 Å². The van der Waals surface area contributed by atoms with E-state index in [0.29, 0.717) is 0 Å². The van der Waals surface area contributed by atoms with E-state index in [1.54, 1.807) is 0 Å². The highest BCUT2D eigenvalue weighted by atomic mass is 35.5. The summed E-state index contributed by atoms with van der Waals surface area (Å²) in [6, 6.07) is 7.64. The minimum atomic E-state index is 0.756. The monoisotopic (exact) mass is 210 g/mol. The zero-order valence-electron chi connectivity index (χ0n) is 8.50. The van der Waals surface area contributed by atoms with Crippen LogP contribution in [0.25, 0.3) is 6.08 Å². The predicted molar refractivity (Wildman–Crippen MR) is 63.2 cm³/mol. The van der Waals surface area contributed by atoms with Gasteiger partial charge in [-0.15, -0.1) is 0 Å². The average molecular weight is 211 g/mol. The highest BCUT2D eigenvalue weighted by molar-refractivity contribution is 6.31. The van der Waals surface area contributed by atoms with Crippen LogP contribution in [0.15, 0.2) is 29.3 Å². The number of likely N-dealkylation sites (N-methyl/N-ethyl adjacent to an activating group) is 1. The van der Waals surface area contributed by atoms with Gasteiger partial charge in [0.05, 0.1) is 0 Å². The second-order valence-electron chi connectivity index (χ2n) is 3.50. The molecule has 0 fully saturated rings. The van der Waals surface area contributed by atoms with Crippen molar-refractivity contribution in [2.24, 2.45) is 0 Å². The first-order valence-electron chi connectivity index (χ1n) is 4.44. The quantitative estimate of drug-likeness (QED) is 0.777. The molecular weight excluding hydrogens is 196 g/mol. The molecule has 0 spiro atoms. The van der Waals surface area contributed by atoms with E-state index in [0.717, 1.165) is 22.8 Å². The van der Waals surface area contributed by atoms with Crippen molar-refractivity contribution in [3.8, 4) is 0 Å². The van der Waals surface area contributed by atoms with Crippen molar-refractivity contribution < 1.29 is 0 Å². The van der Waals surface area contributed by atoms with Gasteiger partial charge in [-0.3, -0.25) is 0 Å². The number of benzene rings is 1. The van der Waals surface area contributed by atoms with E-state index >= 15 is 0 Å². The SMILES string of the molecule is CN(C)C/C(Cl)=C\c1ccc(N)cc1. The second-order valence-corrected chi connectivity index (χ2v) is 3.98. The third-order valence-electron chi connectivity index (χ3n) is 1.73. The van der Waals surface area contributed by atoms with Crippen LogP contribution in [0, 0.1) is 0 Å². The van der Waals surface area contributed by atoms with Crippen LogP contribution in [0.1, 0.15) is 5.56 Å². The van der Waals surface area contributed by atoms with Crippen molar-refractivity contribution in [2.45, 2.75) is 0 Å².